The average Bonchev–Trinajstić information content (AvgIpc) is 2.66. The number of aliphatic hydroxyl groups excluding tert-OH is 1. The van der Waals surface area contributed by atoms with Gasteiger partial charge in [-0.3, -0.25) is 4.79 Å². The van der Waals surface area contributed by atoms with Gasteiger partial charge in [0.1, 0.15) is 11.5 Å². The van der Waals surface area contributed by atoms with Crippen molar-refractivity contribution in [1.29, 1.82) is 0 Å². The van der Waals surface area contributed by atoms with Crippen molar-refractivity contribution in [1.82, 2.24) is 0 Å². The third-order valence-corrected chi connectivity index (χ3v) is 5.45. The molecule has 1 aromatic rings. The Balaban J connectivity index is 2.04. The minimum absolute atomic E-state index is 0.0389. The fourth-order valence-corrected chi connectivity index (χ4v) is 3.62. The van der Waals surface area contributed by atoms with Gasteiger partial charge in [0, 0.05) is 11.8 Å². The van der Waals surface area contributed by atoms with Gasteiger partial charge in [-0.15, -0.1) is 0 Å². The number of carbonyl (C=O) groups is 1. The summed E-state index contributed by atoms with van der Waals surface area (Å²) in [6.07, 6.45) is 12.7. The number of rotatable bonds is 6. The van der Waals surface area contributed by atoms with Crippen LogP contribution < -0.4 is 5.32 Å². The summed E-state index contributed by atoms with van der Waals surface area (Å²) in [4.78, 5) is 12.1. The molecule has 0 saturated carbocycles. The summed E-state index contributed by atoms with van der Waals surface area (Å²) in [5.74, 6) is -0.173. The van der Waals surface area contributed by atoms with E-state index >= 15 is 0 Å². The van der Waals surface area contributed by atoms with E-state index in [1.165, 1.54) is 42.2 Å². The number of anilines is 1. The molecule has 30 heavy (non-hydrogen) atoms. The van der Waals surface area contributed by atoms with Gasteiger partial charge >= 0.3 is 0 Å². The Morgan fingerprint density at radius 3 is 2.43 bits per heavy atom. The lowest BCUT2D eigenvalue weighted by molar-refractivity contribution is -0.112. The molecule has 160 valence electrons. The van der Waals surface area contributed by atoms with Crippen molar-refractivity contribution in [2.45, 2.75) is 53.9 Å². The molecule has 4 heteroatoms. The van der Waals surface area contributed by atoms with Crippen molar-refractivity contribution in [2.75, 3.05) is 5.32 Å². The number of hydrogen-bond donors (Lipinski definition) is 3. The van der Waals surface area contributed by atoms with Crippen LogP contribution in [0.15, 0.2) is 82.7 Å². The molecule has 0 heterocycles. The van der Waals surface area contributed by atoms with Crippen molar-refractivity contribution in [3.8, 4) is 5.75 Å². The van der Waals surface area contributed by atoms with Gasteiger partial charge in [0.05, 0.1) is 0 Å². The van der Waals surface area contributed by atoms with Crippen LogP contribution in [0, 0.1) is 5.41 Å². The summed E-state index contributed by atoms with van der Waals surface area (Å²) >= 11 is 0. The Hall–Kier alpha value is -3.01. The molecule has 0 spiro atoms. The Morgan fingerprint density at radius 1 is 1.13 bits per heavy atom. The quantitative estimate of drug-likeness (QED) is 0.211. The second-order valence-electron chi connectivity index (χ2n) is 8.59. The summed E-state index contributed by atoms with van der Waals surface area (Å²) < 4.78 is 0. The zero-order valence-electron chi connectivity index (χ0n) is 18.6. The molecule has 1 amide bonds. The van der Waals surface area contributed by atoms with Gasteiger partial charge in [0.25, 0.3) is 0 Å². The number of benzene rings is 1. The minimum atomic E-state index is -0.347. The molecule has 0 radical (unpaired) electrons. The number of allylic oxidation sites excluding steroid dienone is 8. The van der Waals surface area contributed by atoms with Crippen LogP contribution in [0.3, 0.4) is 0 Å². The van der Waals surface area contributed by atoms with E-state index in [9.17, 15) is 15.0 Å². The summed E-state index contributed by atoms with van der Waals surface area (Å²) in [7, 11) is 0. The maximum Gasteiger partial charge on any atom is 0.248 e. The van der Waals surface area contributed by atoms with Gasteiger partial charge < -0.3 is 15.5 Å². The highest BCUT2D eigenvalue weighted by Crippen LogP contribution is 2.40. The molecule has 0 fully saturated rings. The fraction of sp³-hybridized carbons (Fsp3) is 0.346. The first-order chi connectivity index (χ1) is 14.1. The zero-order chi connectivity index (χ0) is 22.3. The van der Waals surface area contributed by atoms with Crippen molar-refractivity contribution in [2.24, 2.45) is 5.41 Å². The maximum absolute atomic E-state index is 12.1. The van der Waals surface area contributed by atoms with Gasteiger partial charge in [-0.05, 0) is 86.9 Å². The number of nitrogens with one attached hydrogen (secondary N) is 1. The van der Waals surface area contributed by atoms with Gasteiger partial charge in [-0.1, -0.05) is 43.2 Å². The molecule has 1 aliphatic carbocycles. The maximum atomic E-state index is 12.1. The highest BCUT2D eigenvalue weighted by atomic mass is 16.3. The summed E-state index contributed by atoms with van der Waals surface area (Å²) in [5.41, 5.74) is 5.10. The summed E-state index contributed by atoms with van der Waals surface area (Å²) in [6.45, 7) is 10.5. The number of phenolic OH excluding ortho intramolecular Hbond substituents is 1. The second kappa shape index (κ2) is 10.1. The lowest BCUT2D eigenvalue weighted by Crippen LogP contribution is -2.19. The SMILES string of the molecule is CC1=C(/C=C/C(C)=C/C=C(O)/C(C)=C/C(=O)Nc2ccc(O)cc2)C(C)(C)CCC1. The van der Waals surface area contributed by atoms with Crippen LogP contribution >= 0.6 is 0 Å². The van der Waals surface area contributed by atoms with Crippen LogP contribution in [-0.4, -0.2) is 16.1 Å². The predicted molar refractivity (Wildman–Crippen MR) is 124 cm³/mol. The van der Waals surface area contributed by atoms with Crippen LogP contribution in [-0.2, 0) is 4.79 Å². The van der Waals surface area contributed by atoms with E-state index in [1.54, 1.807) is 25.1 Å². The van der Waals surface area contributed by atoms with Crippen LogP contribution in [0.5, 0.6) is 5.75 Å². The minimum Gasteiger partial charge on any atom is -0.508 e. The second-order valence-corrected chi connectivity index (χ2v) is 8.59. The lowest BCUT2D eigenvalue weighted by Gasteiger charge is -2.32. The third-order valence-electron chi connectivity index (χ3n) is 5.45. The highest BCUT2D eigenvalue weighted by molar-refractivity contribution is 6.00. The van der Waals surface area contributed by atoms with Crippen LogP contribution in [0.1, 0.15) is 53.9 Å². The first-order valence-corrected chi connectivity index (χ1v) is 10.3. The van der Waals surface area contributed by atoms with Gasteiger partial charge in [-0.25, -0.2) is 0 Å². The van der Waals surface area contributed by atoms with E-state index in [0.717, 1.165) is 12.0 Å². The molecule has 1 aliphatic rings. The van der Waals surface area contributed by atoms with E-state index in [-0.39, 0.29) is 22.8 Å². The number of carbonyl (C=O) groups excluding carboxylic acids is 1. The largest absolute Gasteiger partial charge is 0.508 e. The summed E-state index contributed by atoms with van der Waals surface area (Å²) in [6, 6.07) is 6.21. The van der Waals surface area contributed by atoms with Crippen LogP contribution in [0.4, 0.5) is 5.69 Å². The molecule has 2 rings (SSSR count). The smallest absolute Gasteiger partial charge is 0.248 e. The Kier molecular flexibility index (Phi) is 7.87. The first-order valence-electron chi connectivity index (χ1n) is 10.3. The van der Waals surface area contributed by atoms with Gasteiger partial charge in [0.15, 0.2) is 0 Å². The molecule has 0 bridgehead atoms. The first kappa shape index (κ1) is 23.3. The fourth-order valence-electron chi connectivity index (χ4n) is 3.62. The highest BCUT2D eigenvalue weighted by Gasteiger charge is 2.26. The van der Waals surface area contributed by atoms with E-state index in [4.69, 9.17) is 0 Å². The Morgan fingerprint density at radius 2 is 1.80 bits per heavy atom. The molecule has 0 saturated heterocycles. The molecule has 1 aromatic carbocycles. The van der Waals surface area contributed by atoms with E-state index in [1.807, 2.05) is 13.0 Å². The Labute approximate surface area is 180 Å². The molecular weight excluding hydrogens is 374 g/mol. The number of hydrogen-bond acceptors (Lipinski definition) is 3. The molecule has 3 N–H and O–H groups in total. The summed E-state index contributed by atoms with van der Waals surface area (Å²) in [5, 5.41) is 22.2. The topological polar surface area (TPSA) is 69.6 Å². The monoisotopic (exact) mass is 407 g/mol. The molecule has 0 unspecified atom stereocenters. The molecular formula is C26H33NO3. The van der Waals surface area contributed by atoms with Crippen molar-refractivity contribution in [3.63, 3.8) is 0 Å². The predicted octanol–water partition coefficient (Wildman–Crippen LogP) is 6.75. The third kappa shape index (κ3) is 6.80. The normalized spacial score (nSPS) is 18.1. The lowest BCUT2D eigenvalue weighted by atomic mass is 9.72. The van der Waals surface area contributed by atoms with Crippen molar-refractivity contribution >= 4 is 11.6 Å². The zero-order valence-corrected chi connectivity index (χ0v) is 18.6. The Bertz CT molecular complexity index is 926. The van der Waals surface area contributed by atoms with Crippen molar-refractivity contribution in [3.05, 3.63) is 82.7 Å². The standard InChI is InChI=1S/C26H33NO3/c1-18(8-14-23-19(2)7-6-16-26(23,4)5)9-15-24(29)20(3)17-25(30)27-21-10-12-22(28)13-11-21/h8-15,17,28-29H,6-7,16H2,1-5H3,(H,27,30)/b14-8+,18-9+,20-17+,24-15-. The van der Waals surface area contributed by atoms with E-state index in [0.29, 0.717) is 11.3 Å². The van der Waals surface area contributed by atoms with Crippen LogP contribution in [0.2, 0.25) is 0 Å². The number of amides is 1. The van der Waals surface area contributed by atoms with Crippen LogP contribution in [0.25, 0.3) is 0 Å². The van der Waals surface area contributed by atoms with Gasteiger partial charge in [-0.2, -0.15) is 0 Å². The number of phenols is 1. The van der Waals surface area contributed by atoms with Crippen molar-refractivity contribution < 1.29 is 15.0 Å². The average molecular weight is 408 g/mol. The van der Waals surface area contributed by atoms with E-state index in [2.05, 4.69) is 38.2 Å². The number of aliphatic hydroxyl groups is 1. The van der Waals surface area contributed by atoms with E-state index < -0.39 is 0 Å². The van der Waals surface area contributed by atoms with Gasteiger partial charge in [0.2, 0.25) is 5.91 Å². The molecule has 0 atom stereocenters. The molecule has 4 nitrogen and oxygen atoms in total. The number of aromatic hydroxyl groups is 1. The molecule has 0 aromatic heterocycles. The molecule has 0 aliphatic heterocycles.